The number of benzene rings is 2. The molecule has 1 heterocycles. The fourth-order valence-corrected chi connectivity index (χ4v) is 2.96. The molecule has 116 valence electrons. The molecule has 0 aromatic heterocycles. The van der Waals surface area contributed by atoms with E-state index in [1.54, 1.807) is 24.3 Å². The van der Waals surface area contributed by atoms with E-state index in [4.69, 9.17) is 13.7 Å². The summed E-state index contributed by atoms with van der Waals surface area (Å²) < 4.78 is 53.3. The average molecular weight is 324 g/mol. The smallest absolute Gasteiger partial charge is 0.297 e. The molecule has 1 aliphatic heterocycles. The molecular weight excluding hydrogens is 311 g/mol. The molecule has 0 unspecified atom stereocenters. The Kier molecular flexibility index (Phi) is 4.00. The summed E-state index contributed by atoms with van der Waals surface area (Å²) in [7, 11) is -3.88. The molecule has 1 atom stereocenters. The van der Waals surface area contributed by atoms with Crippen LogP contribution in [0.15, 0.2) is 53.4 Å². The maximum atomic E-state index is 13.6. The zero-order valence-electron chi connectivity index (χ0n) is 11.4. The largest absolute Gasteiger partial charge is 0.486 e. The van der Waals surface area contributed by atoms with Crippen molar-refractivity contribution in [1.29, 1.82) is 0 Å². The molecule has 0 amide bonds. The van der Waals surface area contributed by atoms with Crippen molar-refractivity contribution < 1.29 is 26.5 Å². The van der Waals surface area contributed by atoms with Gasteiger partial charge in [-0.2, -0.15) is 8.42 Å². The van der Waals surface area contributed by atoms with Crippen LogP contribution in [-0.4, -0.2) is 27.7 Å². The molecule has 0 bridgehead atoms. The molecular formula is C15H13FO5S. The molecule has 0 N–H and O–H groups in total. The molecule has 0 aliphatic carbocycles. The molecule has 7 heteroatoms. The molecule has 5 nitrogen and oxygen atoms in total. The van der Waals surface area contributed by atoms with Crippen LogP contribution in [0.4, 0.5) is 4.39 Å². The molecule has 22 heavy (non-hydrogen) atoms. The van der Waals surface area contributed by atoms with Gasteiger partial charge in [-0.15, -0.1) is 0 Å². The van der Waals surface area contributed by atoms with E-state index in [1.165, 1.54) is 24.3 Å². The predicted octanol–water partition coefficient (Wildman–Crippen LogP) is 2.37. The van der Waals surface area contributed by atoms with Gasteiger partial charge < -0.3 is 9.47 Å². The maximum absolute atomic E-state index is 13.6. The van der Waals surface area contributed by atoms with Gasteiger partial charge in [-0.3, -0.25) is 4.18 Å². The Morgan fingerprint density at radius 2 is 1.91 bits per heavy atom. The Balaban J connectivity index is 1.67. The lowest BCUT2D eigenvalue weighted by molar-refractivity contribution is 0.0514. The minimum absolute atomic E-state index is 0.0283. The highest BCUT2D eigenvalue weighted by atomic mass is 32.2. The quantitative estimate of drug-likeness (QED) is 0.808. The molecule has 0 spiro atoms. The fraction of sp³-hybridized carbons (Fsp3) is 0.200. The topological polar surface area (TPSA) is 61.8 Å². The highest BCUT2D eigenvalue weighted by Gasteiger charge is 2.26. The third-order valence-electron chi connectivity index (χ3n) is 3.08. The lowest BCUT2D eigenvalue weighted by atomic mass is 10.2. The maximum Gasteiger partial charge on any atom is 0.297 e. The van der Waals surface area contributed by atoms with Crippen LogP contribution in [0.1, 0.15) is 0 Å². The number of rotatable bonds is 4. The van der Waals surface area contributed by atoms with Crippen LogP contribution >= 0.6 is 0 Å². The Bertz CT molecular complexity index is 761. The Morgan fingerprint density at radius 1 is 1.14 bits per heavy atom. The van der Waals surface area contributed by atoms with Crippen LogP contribution in [0.25, 0.3) is 0 Å². The highest BCUT2D eigenvalue weighted by molar-refractivity contribution is 7.86. The first-order valence-corrected chi connectivity index (χ1v) is 7.99. The van der Waals surface area contributed by atoms with Gasteiger partial charge in [0.05, 0.1) is 4.90 Å². The van der Waals surface area contributed by atoms with Crippen molar-refractivity contribution in [3.63, 3.8) is 0 Å². The molecule has 2 aromatic carbocycles. The van der Waals surface area contributed by atoms with E-state index in [1.807, 2.05) is 0 Å². The van der Waals surface area contributed by atoms with Gasteiger partial charge in [0.1, 0.15) is 13.2 Å². The van der Waals surface area contributed by atoms with Gasteiger partial charge in [-0.05, 0) is 24.3 Å². The van der Waals surface area contributed by atoms with Crippen molar-refractivity contribution in [2.24, 2.45) is 0 Å². The van der Waals surface area contributed by atoms with Crippen LogP contribution < -0.4 is 9.47 Å². The first kappa shape index (κ1) is 14.8. The van der Waals surface area contributed by atoms with Crippen LogP contribution in [0.2, 0.25) is 0 Å². The molecule has 0 saturated heterocycles. The zero-order chi connectivity index (χ0) is 15.6. The summed E-state index contributed by atoms with van der Waals surface area (Å²) in [6.07, 6.45) is -0.706. The first-order valence-electron chi connectivity index (χ1n) is 6.59. The van der Waals surface area contributed by atoms with Crippen molar-refractivity contribution in [2.75, 3.05) is 13.2 Å². The fourth-order valence-electron chi connectivity index (χ4n) is 2.00. The molecule has 3 rings (SSSR count). The summed E-state index contributed by atoms with van der Waals surface area (Å²) >= 11 is 0. The molecule has 0 radical (unpaired) electrons. The lowest BCUT2D eigenvalue weighted by Gasteiger charge is -2.26. The van der Waals surface area contributed by atoms with Gasteiger partial charge in [0.25, 0.3) is 10.1 Å². The van der Waals surface area contributed by atoms with E-state index >= 15 is 0 Å². The van der Waals surface area contributed by atoms with E-state index in [0.717, 1.165) is 0 Å². The van der Waals surface area contributed by atoms with Gasteiger partial charge >= 0.3 is 0 Å². The number of para-hydroxylation sites is 1. The minimum Gasteiger partial charge on any atom is -0.486 e. The standard InChI is InChI=1S/C15H13FO5S/c16-13-7-4-8-14-15(13)21-11(9-19-14)10-20-22(17,18)12-5-2-1-3-6-12/h1-8,11H,9-10H2/t11-/m1/s1. The predicted molar refractivity (Wildman–Crippen MR) is 75.9 cm³/mol. The molecule has 1 aliphatic rings. The van der Waals surface area contributed by atoms with E-state index in [-0.39, 0.29) is 23.9 Å². The van der Waals surface area contributed by atoms with Crippen LogP contribution in [0.3, 0.4) is 0 Å². The first-order chi connectivity index (χ1) is 10.6. The number of halogens is 1. The van der Waals surface area contributed by atoms with Crippen molar-refractivity contribution in [3.8, 4) is 11.5 Å². The molecule has 2 aromatic rings. The Morgan fingerprint density at radius 3 is 2.68 bits per heavy atom. The third-order valence-corrected chi connectivity index (χ3v) is 4.38. The third kappa shape index (κ3) is 3.05. The SMILES string of the molecule is O=S(=O)(OC[C@H]1COc2cccc(F)c2O1)c1ccccc1. The summed E-state index contributed by atoms with van der Waals surface area (Å²) in [5, 5.41) is 0. The second-order valence-corrected chi connectivity index (χ2v) is 6.29. The van der Waals surface area contributed by atoms with E-state index in [0.29, 0.717) is 5.75 Å². The second kappa shape index (κ2) is 5.94. The van der Waals surface area contributed by atoms with Gasteiger partial charge in [0.15, 0.2) is 23.4 Å². The number of hydrogen-bond donors (Lipinski definition) is 0. The number of fused-ring (bicyclic) bond motifs is 1. The summed E-state index contributed by atoms with van der Waals surface area (Å²) in [6, 6.07) is 12.1. The van der Waals surface area contributed by atoms with Gasteiger partial charge in [0, 0.05) is 0 Å². The van der Waals surface area contributed by atoms with Crippen molar-refractivity contribution in [2.45, 2.75) is 11.0 Å². The Hall–Kier alpha value is -2.12. The van der Waals surface area contributed by atoms with E-state index in [2.05, 4.69) is 0 Å². The van der Waals surface area contributed by atoms with Crippen molar-refractivity contribution in [1.82, 2.24) is 0 Å². The van der Waals surface area contributed by atoms with Crippen LogP contribution in [0.5, 0.6) is 11.5 Å². The van der Waals surface area contributed by atoms with Crippen LogP contribution in [0, 0.1) is 5.82 Å². The van der Waals surface area contributed by atoms with E-state index in [9.17, 15) is 12.8 Å². The Labute approximate surface area is 127 Å². The highest BCUT2D eigenvalue weighted by Crippen LogP contribution is 2.34. The average Bonchev–Trinajstić information content (AvgIpc) is 2.54. The monoisotopic (exact) mass is 324 g/mol. The summed E-state index contributed by atoms with van der Waals surface area (Å²) in [4.78, 5) is 0.0540. The van der Waals surface area contributed by atoms with Gasteiger partial charge in [-0.25, -0.2) is 4.39 Å². The summed E-state index contributed by atoms with van der Waals surface area (Å²) in [5.74, 6) is -0.297. The van der Waals surface area contributed by atoms with Gasteiger partial charge in [-0.1, -0.05) is 24.3 Å². The number of hydrogen-bond acceptors (Lipinski definition) is 5. The van der Waals surface area contributed by atoms with Crippen molar-refractivity contribution >= 4 is 10.1 Å². The summed E-state index contributed by atoms with van der Waals surface area (Å²) in [5.41, 5.74) is 0. The van der Waals surface area contributed by atoms with Gasteiger partial charge in [0.2, 0.25) is 0 Å². The van der Waals surface area contributed by atoms with Crippen LogP contribution in [-0.2, 0) is 14.3 Å². The minimum atomic E-state index is -3.88. The van der Waals surface area contributed by atoms with E-state index < -0.39 is 22.0 Å². The normalized spacial score (nSPS) is 17.2. The lowest BCUT2D eigenvalue weighted by Crippen LogP contribution is -2.34. The second-order valence-electron chi connectivity index (χ2n) is 4.67. The van der Waals surface area contributed by atoms with Crippen molar-refractivity contribution in [3.05, 3.63) is 54.3 Å². The molecule has 0 saturated carbocycles. The number of ether oxygens (including phenoxy) is 2. The summed E-state index contributed by atoms with van der Waals surface area (Å²) in [6.45, 7) is -0.175. The molecule has 0 fully saturated rings. The zero-order valence-corrected chi connectivity index (χ0v) is 12.3.